The quantitative estimate of drug-likeness (QED) is 0.192. The van der Waals surface area contributed by atoms with Gasteiger partial charge in [0.2, 0.25) is 0 Å². The van der Waals surface area contributed by atoms with Gasteiger partial charge in [-0.05, 0) is 95.0 Å². The van der Waals surface area contributed by atoms with Crippen LogP contribution >= 0.6 is 0 Å². The summed E-state index contributed by atoms with van der Waals surface area (Å²) in [6, 6.07) is 18.5. The maximum atomic E-state index is 12.8. The number of benzene rings is 2. The van der Waals surface area contributed by atoms with Crippen LogP contribution in [0, 0.1) is 11.3 Å². The molecular formula is C33H43N3O3. The highest BCUT2D eigenvalue weighted by atomic mass is 16.5. The van der Waals surface area contributed by atoms with Crippen molar-refractivity contribution in [2.75, 3.05) is 24.6 Å². The number of nitrogens with one attached hydrogen (secondary N) is 1. The molecule has 0 aliphatic heterocycles. The van der Waals surface area contributed by atoms with Crippen molar-refractivity contribution in [3.05, 3.63) is 59.9 Å². The van der Waals surface area contributed by atoms with Crippen molar-refractivity contribution >= 4 is 28.4 Å². The van der Waals surface area contributed by atoms with E-state index in [2.05, 4.69) is 54.4 Å². The lowest BCUT2D eigenvalue weighted by Crippen LogP contribution is -2.45. The summed E-state index contributed by atoms with van der Waals surface area (Å²) in [4.78, 5) is 15.3. The van der Waals surface area contributed by atoms with Crippen LogP contribution in [0.2, 0.25) is 0 Å². The van der Waals surface area contributed by atoms with Gasteiger partial charge >= 0.3 is 0 Å². The lowest BCUT2D eigenvalue weighted by atomic mass is 10.00. The maximum absolute atomic E-state index is 12.8. The number of ether oxygens (including phenoxy) is 1. The smallest absolute Gasteiger partial charge is 0.262 e. The Bertz CT molecular complexity index is 1330. The van der Waals surface area contributed by atoms with Gasteiger partial charge in [0.15, 0.2) is 0 Å². The van der Waals surface area contributed by atoms with Crippen molar-refractivity contribution in [2.45, 2.75) is 78.9 Å². The van der Waals surface area contributed by atoms with E-state index in [0.717, 1.165) is 36.9 Å². The molecular weight excluding hydrogens is 486 g/mol. The molecule has 0 saturated carbocycles. The van der Waals surface area contributed by atoms with Crippen molar-refractivity contribution in [3.63, 3.8) is 0 Å². The Morgan fingerprint density at radius 1 is 1.00 bits per heavy atom. The number of nitriles is 1. The number of rotatable bonds is 12. The SMILES string of the molecule is CCCN(CCC)c1ccc2cc(-c3ccc(C=C(C#N)C(=O)NC(C)(C)CCOC(C)(C)C)o3)ccc2c1. The normalized spacial score (nSPS) is 12.4. The lowest BCUT2D eigenvalue weighted by molar-refractivity contribution is -0.118. The van der Waals surface area contributed by atoms with E-state index in [1.54, 1.807) is 6.07 Å². The number of amides is 1. The molecule has 3 aromatic rings. The summed E-state index contributed by atoms with van der Waals surface area (Å²) in [5.74, 6) is 0.705. The van der Waals surface area contributed by atoms with Gasteiger partial charge in [0, 0.05) is 42.6 Å². The Hall–Kier alpha value is -3.56. The minimum atomic E-state index is -0.526. The molecule has 0 bridgehead atoms. The van der Waals surface area contributed by atoms with Gasteiger partial charge in [0.25, 0.3) is 5.91 Å². The number of anilines is 1. The van der Waals surface area contributed by atoms with Crippen molar-refractivity contribution in [3.8, 4) is 17.4 Å². The average Bonchev–Trinajstić information content (AvgIpc) is 3.34. The van der Waals surface area contributed by atoms with Crippen LogP contribution in [0.1, 0.15) is 73.5 Å². The molecule has 2 aromatic carbocycles. The van der Waals surface area contributed by atoms with Crippen molar-refractivity contribution < 1.29 is 13.9 Å². The van der Waals surface area contributed by atoms with Crippen LogP contribution in [0.4, 0.5) is 5.69 Å². The van der Waals surface area contributed by atoms with Gasteiger partial charge < -0.3 is 19.4 Å². The van der Waals surface area contributed by atoms with Crippen molar-refractivity contribution in [1.82, 2.24) is 5.32 Å². The molecule has 39 heavy (non-hydrogen) atoms. The number of nitrogens with zero attached hydrogens (tertiary/aromatic N) is 2. The second-order valence-electron chi connectivity index (χ2n) is 11.7. The fraction of sp³-hybridized carbons (Fsp3) is 0.455. The Labute approximate surface area is 233 Å². The number of carbonyl (C=O) groups is 1. The molecule has 1 aromatic heterocycles. The molecule has 0 saturated heterocycles. The molecule has 1 heterocycles. The Morgan fingerprint density at radius 2 is 1.67 bits per heavy atom. The third kappa shape index (κ3) is 8.73. The number of hydrogen-bond acceptors (Lipinski definition) is 5. The van der Waals surface area contributed by atoms with Crippen molar-refractivity contribution in [2.24, 2.45) is 0 Å². The van der Waals surface area contributed by atoms with E-state index in [1.165, 1.54) is 17.1 Å². The average molecular weight is 530 g/mol. The molecule has 0 spiro atoms. The summed E-state index contributed by atoms with van der Waals surface area (Å²) in [6.07, 6.45) is 4.35. The third-order valence-corrected chi connectivity index (χ3v) is 6.45. The zero-order valence-electron chi connectivity index (χ0n) is 24.6. The van der Waals surface area contributed by atoms with Crippen LogP contribution in [-0.4, -0.2) is 36.7 Å². The van der Waals surface area contributed by atoms with Crippen LogP contribution in [0.15, 0.2) is 58.5 Å². The van der Waals surface area contributed by atoms with Crippen LogP contribution in [-0.2, 0) is 9.53 Å². The van der Waals surface area contributed by atoms with Gasteiger partial charge in [-0.25, -0.2) is 0 Å². The first-order valence-electron chi connectivity index (χ1n) is 13.9. The standard InChI is InChI=1S/C33H43N3O3/c1-8-17-36(18-9-2)28-13-12-24-20-26(11-10-25(24)21-28)30-15-14-29(39-30)22-27(23-34)31(37)35-33(6,7)16-19-38-32(3,4)5/h10-15,20-22H,8-9,16-19H2,1-7H3,(H,35,37). The maximum Gasteiger partial charge on any atom is 0.262 e. The molecule has 6 nitrogen and oxygen atoms in total. The summed E-state index contributed by atoms with van der Waals surface area (Å²) in [5, 5.41) is 14.9. The first-order chi connectivity index (χ1) is 18.4. The molecule has 1 N–H and O–H groups in total. The highest BCUT2D eigenvalue weighted by Crippen LogP contribution is 2.29. The second kappa shape index (κ2) is 13.0. The Morgan fingerprint density at radius 3 is 2.31 bits per heavy atom. The fourth-order valence-corrected chi connectivity index (χ4v) is 4.42. The summed E-state index contributed by atoms with van der Waals surface area (Å²) in [7, 11) is 0. The van der Waals surface area contributed by atoms with E-state index < -0.39 is 11.4 Å². The molecule has 0 radical (unpaired) electrons. The van der Waals surface area contributed by atoms with Gasteiger partial charge in [-0.3, -0.25) is 4.79 Å². The number of furan rings is 1. The van der Waals surface area contributed by atoms with Gasteiger partial charge in [-0.2, -0.15) is 5.26 Å². The number of fused-ring (bicyclic) bond motifs is 1. The zero-order chi connectivity index (χ0) is 28.6. The largest absolute Gasteiger partial charge is 0.457 e. The van der Waals surface area contributed by atoms with Gasteiger partial charge in [0.1, 0.15) is 23.2 Å². The van der Waals surface area contributed by atoms with Gasteiger partial charge in [-0.15, -0.1) is 0 Å². The molecule has 3 rings (SSSR count). The molecule has 208 valence electrons. The minimum Gasteiger partial charge on any atom is -0.457 e. The minimum absolute atomic E-state index is 0.00420. The predicted octanol–water partition coefficient (Wildman–Crippen LogP) is 7.73. The van der Waals surface area contributed by atoms with E-state index in [0.29, 0.717) is 24.5 Å². The fourth-order valence-electron chi connectivity index (χ4n) is 4.42. The summed E-state index contributed by atoms with van der Waals surface area (Å²) < 4.78 is 11.8. The van der Waals surface area contributed by atoms with Crippen LogP contribution in [0.3, 0.4) is 0 Å². The van der Waals surface area contributed by atoms with Gasteiger partial charge in [0.05, 0.1) is 5.60 Å². The second-order valence-corrected chi connectivity index (χ2v) is 11.7. The predicted molar refractivity (Wildman–Crippen MR) is 161 cm³/mol. The molecule has 1 amide bonds. The summed E-state index contributed by atoms with van der Waals surface area (Å²) in [6.45, 7) is 16.8. The molecule has 0 aliphatic carbocycles. The molecule has 0 atom stereocenters. The lowest BCUT2D eigenvalue weighted by Gasteiger charge is -2.28. The van der Waals surface area contributed by atoms with E-state index in [-0.39, 0.29) is 11.2 Å². The third-order valence-electron chi connectivity index (χ3n) is 6.45. The van der Waals surface area contributed by atoms with E-state index in [9.17, 15) is 10.1 Å². The summed E-state index contributed by atoms with van der Waals surface area (Å²) >= 11 is 0. The zero-order valence-corrected chi connectivity index (χ0v) is 24.6. The number of carbonyl (C=O) groups excluding carboxylic acids is 1. The Kier molecular flexibility index (Phi) is 9.99. The number of hydrogen-bond donors (Lipinski definition) is 1. The Balaban J connectivity index is 1.74. The van der Waals surface area contributed by atoms with Gasteiger partial charge in [-0.1, -0.05) is 32.0 Å². The monoisotopic (exact) mass is 529 g/mol. The first kappa shape index (κ1) is 30.0. The van der Waals surface area contributed by atoms with Crippen LogP contribution < -0.4 is 10.2 Å². The molecule has 0 fully saturated rings. The van der Waals surface area contributed by atoms with E-state index in [1.807, 2.05) is 52.8 Å². The molecule has 0 unspecified atom stereocenters. The topological polar surface area (TPSA) is 78.5 Å². The molecule has 0 aliphatic rings. The van der Waals surface area contributed by atoms with E-state index in [4.69, 9.17) is 9.15 Å². The highest BCUT2D eigenvalue weighted by Gasteiger charge is 2.24. The highest BCUT2D eigenvalue weighted by molar-refractivity contribution is 6.01. The summed E-state index contributed by atoms with van der Waals surface area (Å²) in [5.41, 5.74) is 1.42. The van der Waals surface area contributed by atoms with Crippen LogP contribution in [0.25, 0.3) is 28.2 Å². The molecule has 6 heteroatoms. The van der Waals surface area contributed by atoms with E-state index >= 15 is 0 Å². The first-order valence-corrected chi connectivity index (χ1v) is 13.9. The van der Waals surface area contributed by atoms with Crippen LogP contribution in [0.5, 0.6) is 0 Å². The van der Waals surface area contributed by atoms with Crippen molar-refractivity contribution in [1.29, 1.82) is 5.26 Å².